The van der Waals surface area contributed by atoms with Crippen molar-refractivity contribution >= 4 is 56.5 Å². The van der Waals surface area contributed by atoms with Crippen LogP contribution < -0.4 is 10.3 Å². The molecule has 0 amide bonds. The van der Waals surface area contributed by atoms with Gasteiger partial charge in [-0.3, -0.25) is 4.79 Å². The Kier molecular flexibility index (Phi) is 9.25. The van der Waals surface area contributed by atoms with Crippen molar-refractivity contribution in [2.75, 3.05) is 61.3 Å². The van der Waals surface area contributed by atoms with E-state index in [9.17, 15) is 4.79 Å². The molecule has 1 N–H and O–H groups in total. The van der Waals surface area contributed by atoms with E-state index in [1.165, 1.54) is 12.3 Å². The minimum Gasteiger partial charge on any atom is -0.456 e. The predicted molar refractivity (Wildman–Crippen MR) is 108 cm³/mol. The average molecular weight is 452 g/mol. The van der Waals surface area contributed by atoms with Crippen LogP contribution in [0.5, 0.6) is 0 Å². The van der Waals surface area contributed by atoms with Crippen LogP contribution >= 0.6 is 39.5 Å². The van der Waals surface area contributed by atoms with Crippen LogP contribution in [0, 0.1) is 0 Å². The highest BCUT2D eigenvalue weighted by Crippen LogP contribution is 2.27. The Hall–Kier alpha value is -0.610. The minimum absolute atomic E-state index is 0.167. The molecule has 140 valence electrons. The van der Waals surface area contributed by atoms with Gasteiger partial charge in [0, 0.05) is 43.2 Å². The molecule has 2 aromatic rings. The van der Waals surface area contributed by atoms with Crippen molar-refractivity contribution in [3.05, 3.63) is 27.0 Å². The predicted octanol–water partition coefficient (Wildman–Crippen LogP) is 3.06. The fourth-order valence-electron chi connectivity index (χ4n) is 2.15. The van der Waals surface area contributed by atoms with E-state index in [1.54, 1.807) is 30.6 Å². The summed E-state index contributed by atoms with van der Waals surface area (Å²) in [5, 5.41) is 8.91. The number of halogens is 1. The molecular weight excluding hydrogens is 430 g/mol. The van der Waals surface area contributed by atoms with Crippen LogP contribution in [0.2, 0.25) is 0 Å². The third kappa shape index (κ3) is 6.25. The summed E-state index contributed by atoms with van der Waals surface area (Å²) < 4.78 is 16.8. The van der Waals surface area contributed by atoms with Crippen LogP contribution in [-0.4, -0.2) is 61.5 Å². The molecule has 25 heavy (non-hydrogen) atoms. The lowest BCUT2D eigenvalue weighted by Gasteiger charge is -2.22. The summed E-state index contributed by atoms with van der Waals surface area (Å²) in [5.74, 6) is 3.92. The van der Waals surface area contributed by atoms with Gasteiger partial charge in [0.25, 0.3) is 0 Å². The second-order valence-electron chi connectivity index (χ2n) is 5.12. The number of thioether (sulfide) groups is 2. The average Bonchev–Trinajstić information content (AvgIpc) is 2.98. The Morgan fingerprint density at radius 2 is 1.92 bits per heavy atom. The number of furan rings is 1. The summed E-state index contributed by atoms with van der Waals surface area (Å²) >= 11 is 6.81. The van der Waals surface area contributed by atoms with Gasteiger partial charge in [-0.05, 0) is 15.9 Å². The minimum atomic E-state index is -0.193. The maximum atomic E-state index is 12.2. The molecule has 0 atom stereocenters. The SMILES string of the molecule is COCCSCCN(CCSCCO)c1cc(=O)c2occ(Br)c2o1. The molecule has 0 radical (unpaired) electrons. The summed E-state index contributed by atoms with van der Waals surface area (Å²) in [7, 11) is 1.69. The van der Waals surface area contributed by atoms with Crippen molar-refractivity contribution in [1.29, 1.82) is 0 Å². The Morgan fingerprint density at radius 3 is 2.60 bits per heavy atom. The number of hydrogen-bond acceptors (Lipinski definition) is 8. The van der Waals surface area contributed by atoms with Crippen molar-refractivity contribution in [1.82, 2.24) is 0 Å². The zero-order valence-electron chi connectivity index (χ0n) is 14.0. The molecule has 0 fully saturated rings. The van der Waals surface area contributed by atoms with E-state index in [-0.39, 0.29) is 17.6 Å². The Balaban J connectivity index is 2.09. The number of methoxy groups -OCH3 is 1. The molecule has 0 aliphatic rings. The number of nitrogens with zero attached hydrogens (tertiary/aromatic N) is 1. The molecule has 2 aromatic heterocycles. The van der Waals surface area contributed by atoms with Crippen LogP contribution in [0.25, 0.3) is 11.2 Å². The highest BCUT2D eigenvalue weighted by Gasteiger charge is 2.16. The molecule has 0 saturated heterocycles. The highest BCUT2D eigenvalue weighted by atomic mass is 79.9. The molecule has 0 aromatic carbocycles. The highest BCUT2D eigenvalue weighted by molar-refractivity contribution is 9.10. The first-order valence-corrected chi connectivity index (χ1v) is 11.0. The van der Waals surface area contributed by atoms with Crippen LogP contribution in [-0.2, 0) is 4.74 Å². The Morgan fingerprint density at radius 1 is 1.20 bits per heavy atom. The van der Waals surface area contributed by atoms with Gasteiger partial charge in [-0.15, -0.1) is 0 Å². The molecule has 6 nitrogen and oxygen atoms in total. The quantitative estimate of drug-likeness (QED) is 0.493. The van der Waals surface area contributed by atoms with E-state index < -0.39 is 0 Å². The largest absolute Gasteiger partial charge is 0.456 e. The number of fused-ring (bicyclic) bond motifs is 1. The zero-order chi connectivity index (χ0) is 18.1. The molecule has 2 heterocycles. The first-order chi connectivity index (χ1) is 12.2. The van der Waals surface area contributed by atoms with E-state index in [1.807, 2.05) is 0 Å². The molecule has 0 unspecified atom stereocenters. The van der Waals surface area contributed by atoms with E-state index in [2.05, 4.69) is 20.8 Å². The maximum Gasteiger partial charge on any atom is 0.230 e. The van der Waals surface area contributed by atoms with E-state index >= 15 is 0 Å². The van der Waals surface area contributed by atoms with Gasteiger partial charge in [0.15, 0.2) is 11.5 Å². The van der Waals surface area contributed by atoms with Gasteiger partial charge in [0.1, 0.15) is 6.26 Å². The third-order valence-corrected chi connectivity index (χ3v) is 5.79. The third-order valence-electron chi connectivity index (χ3n) is 3.38. The number of aliphatic hydroxyl groups is 1. The topological polar surface area (TPSA) is 76.1 Å². The van der Waals surface area contributed by atoms with Crippen molar-refractivity contribution in [3.8, 4) is 0 Å². The number of ether oxygens (including phenoxy) is 1. The summed E-state index contributed by atoms with van der Waals surface area (Å²) in [6.45, 7) is 2.39. The number of rotatable bonds is 12. The van der Waals surface area contributed by atoms with Crippen LogP contribution in [0.1, 0.15) is 0 Å². The number of aliphatic hydroxyl groups excluding tert-OH is 1. The van der Waals surface area contributed by atoms with Crippen LogP contribution in [0.3, 0.4) is 0 Å². The molecule has 0 saturated carbocycles. The normalized spacial score (nSPS) is 11.3. The Labute approximate surface area is 163 Å². The molecule has 9 heteroatoms. The maximum absolute atomic E-state index is 12.2. The summed E-state index contributed by atoms with van der Waals surface area (Å²) in [5.41, 5.74) is 0.462. The summed E-state index contributed by atoms with van der Waals surface area (Å²) in [6.07, 6.45) is 1.46. The first-order valence-electron chi connectivity index (χ1n) is 7.88. The fourth-order valence-corrected chi connectivity index (χ4v) is 4.03. The lowest BCUT2D eigenvalue weighted by Crippen LogP contribution is -2.29. The smallest absolute Gasteiger partial charge is 0.230 e. The van der Waals surface area contributed by atoms with Crippen LogP contribution in [0.4, 0.5) is 5.88 Å². The van der Waals surface area contributed by atoms with Gasteiger partial charge in [-0.25, -0.2) is 0 Å². The zero-order valence-corrected chi connectivity index (χ0v) is 17.3. The van der Waals surface area contributed by atoms with Crippen molar-refractivity contribution in [2.45, 2.75) is 0 Å². The second kappa shape index (κ2) is 11.2. The van der Waals surface area contributed by atoms with Crippen LogP contribution in [0.15, 0.2) is 30.4 Å². The molecule has 2 rings (SSSR count). The van der Waals surface area contributed by atoms with Crippen molar-refractivity contribution in [2.24, 2.45) is 0 Å². The Bertz CT molecular complexity index is 705. The van der Waals surface area contributed by atoms with Gasteiger partial charge in [0.05, 0.1) is 23.8 Å². The molecule has 0 aliphatic carbocycles. The monoisotopic (exact) mass is 451 g/mol. The second-order valence-corrected chi connectivity index (χ2v) is 8.42. The molecule has 0 aliphatic heterocycles. The van der Waals surface area contributed by atoms with Gasteiger partial charge < -0.3 is 23.6 Å². The number of hydrogen-bond donors (Lipinski definition) is 1. The lowest BCUT2D eigenvalue weighted by atomic mass is 10.4. The fraction of sp³-hybridized carbons (Fsp3) is 0.562. The van der Waals surface area contributed by atoms with Gasteiger partial charge in [-0.1, -0.05) is 0 Å². The van der Waals surface area contributed by atoms with E-state index in [0.717, 1.165) is 37.0 Å². The van der Waals surface area contributed by atoms with Gasteiger partial charge in [0.2, 0.25) is 11.0 Å². The van der Waals surface area contributed by atoms with Crippen molar-refractivity contribution in [3.63, 3.8) is 0 Å². The molecular formula is C16H22BrNO5S2. The van der Waals surface area contributed by atoms with Crippen molar-refractivity contribution < 1.29 is 18.7 Å². The standard InChI is InChI=1S/C16H22BrNO5S2/c1-21-5-9-25-7-3-18(2-6-24-8-4-19)14-10-13(20)16-15(23-14)12(17)11-22-16/h10-11,19H,2-9H2,1H3. The van der Waals surface area contributed by atoms with Gasteiger partial charge in [-0.2, -0.15) is 23.5 Å². The molecule has 0 bridgehead atoms. The lowest BCUT2D eigenvalue weighted by molar-refractivity contribution is 0.218. The summed E-state index contributed by atoms with van der Waals surface area (Å²) in [4.78, 5) is 14.3. The summed E-state index contributed by atoms with van der Waals surface area (Å²) in [6, 6.07) is 1.48. The number of anilines is 1. The van der Waals surface area contributed by atoms with Gasteiger partial charge >= 0.3 is 0 Å². The molecule has 0 spiro atoms. The van der Waals surface area contributed by atoms with E-state index in [0.29, 0.717) is 21.7 Å². The van der Waals surface area contributed by atoms with E-state index in [4.69, 9.17) is 18.7 Å². The first kappa shape index (κ1) is 20.7.